The van der Waals surface area contributed by atoms with Crippen LogP contribution < -0.4 is 14.8 Å². The number of aromatic amines is 1. The zero-order valence-electron chi connectivity index (χ0n) is 14.5. The van der Waals surface area contributed by atoms with Gasteiger partial charge >= 0.3 is 6.61 Å². The van der Waals surface area contributed by atoms with Gasteiger partial charge in [-0.15, -0.1) is 0 Å². The summed E-state index contributed by atoms with van der Waals surface area (Å²) in [7, 11) is 1.58. The number of methoxy groups -OCH3 is 1. The zero-order chi connectivity index (χ0) is 19.4. The number of halogens is 2. The summed E-state index contributed by atoms with van der Waals surface area (Å²) in [6.45, 7) is -1.27. The molecule has 142 valence electrons. The van der Waals surface area contributed by atoms with Crippen LogP contribution in [0.4, 0.5) is 14.5 Å². The standard InChI is InChI=1S/C18H17F2N3O3S/c1-10(16(24)21-13-5-3-4-6-15(13)26-17(19)20)27-18-22-12-8-7-11(25-2)9-14(12)23-18/h3-10,17H,1-2H3,(H,21,24)(H,22,23). The smallest absolute Gasteiger partial charge is 0.387 e. The van der Waals surface area contributed by atoms with Crippen molar-refractivity contribution in [2.45, 2.75) is 23.9 Å². The number of nitrogens with one attached hydrogen (secondary N) is 2. The predicted molar refractivity (Wildman–Crippen MR) is 99.7 cm³/mol. The predicted octanol–water partition coefficient (Wildman–Crippen LogP) is 4.29. The van der Waals surface area contributed by atoms with Crippen molar-refractivity contribution in [3.8, 4) is 11.5 Å². The van der Waals surface area contributed by atoms with E-state index in [1.807, 2.05) is 12.1 Å². The monoisotopic (exact) mass is 393 g/mol. The fourth-order valence-corrected chi connectivity index (χ4v) is 3.19. The highest BCUT2D eigenvalue weighted by molar-refractivity contribution is 8.00. The quantitative estimate of drug-likeness (QED) is 0.586. The van der Waals surface area contributed by atoms with Gasteiger partial charge in [0.25, 0.3) is 0 Å². The van der Waals surface area contributed by atoms with Crippen molar-refractivity contribution >= 4 is 34.4 Å². The summed E-state index contributed by atoms with van der Waals surface area (Å²) in [5, 5.41) is 2.65. The molecule has 3 aromatic rings. The van der Waals surface area contributed by atoms with Gasteiger partial charge in [-0.3, -0.25) is 4.79 Å². The number of rotatable bonds is 7. The number of nitrogens with zero attached hydrogens (tertiary/aromatic N) is 1. The summed E-state index contributed by atoms with van der Waals surface area (Å²) in [6.07, 6.45) is 0. The third-order valence-electron chi connectivity index (χ3n) is 3.69. The van der Waals surface area contributed by atoms with E-state index in [4.69, 9.17) is 4.74 Å². The van der Waals surface area contributed by atoms with Crippen molar-refractivity contribution in [1.82, 2.24) is 9.97 Å². The highest BCUT2D eigenvalue weighted by atomic mass is 32.2. The van der Waals surface area contributed by atoms with Gasteiger partial charge in [-0.25, -0.2) is 4.98 Å². The lowest BCUT2D eigenvalue weighted by molar-refractivity contribution is -0.115. The van der Waals surface area contributed by atoms with Crippen LogP contribution in [0.15, 0.2) is 47.6 Å². The Morgan fingerprint density at radius 1 is 1.26 bits per heavy atom. The molecule has 0 saturated carbocycles. The summed E-state index contributed by atoms with van der Waals surface area (Å²) in [5.41, 5.74) is 1.73. The van der Waals surface area contributed by atoms with Crippen LogP contribution in [0.2, 0.25) is 0 Å². The van der Waals surface area contributed by atoms with E-state index in [1.165, 1.54) is 23.9 Å². The lowest BCUT2D eigenvalue weighted by Gasteiger charge is -2.14. The average molecular weight is 393 g/mol. The number of anilines is 1. The van der Waals surface area contributed by atoms with E-state index < -0.39 is 11.9 Å². The second-order valence-electron chi connectivity index (χ2n) is 5.55. The second kappa shape index (κ2) is 8.26. The van der Waals surface area contributed by atoms with Crippen molar-refractivity contribution in [2.75, 3.05) is 12.4 Å². The molecule has 1 amide bonds. The molecule has 3 rings (SSSR count). The van der Waals surface area contributed by atoms with E-state index in [0.29, 0.717) is 10.9 Å². The topological polar surface area (TPSA) is 76.2 Å². The average Bonchev–Trinajstić information content (AvgIpc) is 3.04. The molecule has 0 spiro atoms. The SMILES string of the molecule is COc1ccc2nc(SC(C)C(=O)Nc3ccccc3OC(F)F)[nH]c2c1. The Labute approximate surface area is 158 Å². The Bertz CT molecular complexity index is 949. The Kier molecular flexibility index (Phi) is 5.80. The van der Waals surface area contributed by atoms with Crippen LogP contribution in [0.5, 0.6) is 11.5 Å². The number of aromatic nitrogens is 2. The summed E-state index contributed by atoms with van der Waals surface area (Å²) >= 11 is 1.22. The van der Waals surface area contributed by atoms with Crippen LogP contribution in [0.25, 0.3) is 11.0 Å². The van der Waals surface area contributed by atoms with E-state index in [2.05, 4.69) is 20.0 Å². The van der Waals surface area contributed by atoms with Gasteiger partial charge in [0, 0.05) is 6.07 Å². The third kappa shape index (κ3) is 4.68. The fourth-order valence-electron chi connectivity index (χ4n) is 2.37. The lowest BCUT2D eigenvalue weighted by atomic mass is 10.3. The maximum atomic E-state index is 12.5. The number of H-pyrrole nitrogens is 1. The maximum Gasteiger partial charge on any atom is 0.387 e. The molecule has 0 fully saturated rings. The number of alkyl halides is 2. The number of ether oxygens (including phenoxy) is 2. The van der Waals surface area contributed by atoms with Gasteiger partial charge < -0.3 is 19.8 Å². The first-order valence-electron chi connectivity index (χ1n) is 8.01. The van der Waals surface area contributed by atoms with E-state index in [0.717, 1.165) is 11.0 Å². The Balaban J connectivity index is 1.69. The number of carbonyl (C=O) groups is 1. The zero-order valence-corrected chi connectivity index (χ0v) is 15.3. The summed E-state index contributed by atoms with van der Waals surface area (Å²) in [4.78, 5) is 20.0. The van der Waals surface area contributed by atoms with Crippen molar-refractivity contribution in [3.63, 3.8) is 0 Å². The van der Waals surface area contributed by atoms with Gasteiger partial charge in [0.05, 0.1) is 29.1 Å². The first-order chi connectivity index (χ1) is 13.0. The van der Waals surface area contributed by atoms with Crippen molar-refractivity contribution in [3.05, 3.63) is 42.5 Å². The summed E-state index contributed by atoms with van der Waals surface area (Å²) in [5.74, 6) is 0.251. The van der Waals surface area contributed by atoms with E-state index in [-0.39, 0.29) is 17.3 Å². The highest BCUT2D eigenvalue weighted by Gasteiger charge is 2.19. The number of fused-ring (bicyclic) bond motifs is 1. The molecule has 2 aromatic carbocycles. The number of para-hydroxylation sites is 2. The van der Waals surface area contributed by atoms with Crippen LogP contribution in [0.3, 0.4) is 0 Å². The number of hydrogen-bond donors (Lipinski definition) is 2. The minimum atomic E-state index is -2.97. The molecule has 1 atom stereocenters. The molecule has 0 saturated heterocycles. The van der Waals surface area contributed by atoms with Crippen LogP contribution in [0, 0.1) is 0 Å². The molecular weight excluding hydrogens is 376 g/mol. The first-order valence-corrected chi connectivity index (χ1v) is 8.89. The highest BCUT2D eigenvalue weighted by Crippen LogP contribution is 2.29. The van der Waals surface area contributed by atoms with Gasteiger partial charge in [0.2, 0.25) is 5.91 Å². The minimum Gasteiger partial charge on any atom is -0.497 e. The van der Waals surface area contributed by atoms with E-state index in [1.54, 1.807) is 32.2 Å². The molecule has 1 unspecified atom stereocenters. The lowest BCUT2D eigenvalue weighted by Crippen LogP contribution is -2.23. The Morgan fingerprint density at radius 2 is 2.04 bits per heavy atom. The number of benzene rings is 2. The summed E-state index contributed by atoms with van der Waals surface area (Å²) < 4.78 is 34.6. The number of amides is 1. The Morgan fingerprint density at radius 3 is 2.78 bits per heavy atom. The van der Waals surface area contributed by atoms with E-state index in [9.17, 15) is 13.6 Å². The molecular formula is C18H17F2N3O3S. The van der Waals surface area contributed by atoms with E-state index >= 15 is 0 Å². The van der Waals surface area contributed by atoms with Crippen molar-refractivity contribution in [2.24, 2.45) is 0 Å². The molecule has 0 bridgehead atoms. The molecule has 2 N–H and O–H groups in total. The largest absolute Gasteiger partial charge is 0.497 e. The van der Waals surface area contributed by atoms with Gasteiger partial charge in [0.1, 0.15) is 11.5 Å². The third-order valence-corrected chi connectivity index (χ3v) is 4.67. The van der Waals surface area contributed by atoms with Crippen molar-refractivity contribution in [1.29, 1.82) is 0 Å². The van der Waals surface area contributed by atoms with Gasteiger partial charge in [-0.2, -0.15) is 8.78 Å². The minimum absolute atomic E-state index is 0.0890. The van der Waals surface area contributed by atoms with Crippen LogP contribution >= 0.6 is 11.8 Å². The molecule has 0 aliphatic rings. The maximum absolute atomic E-state index is 12.5. The summed E-state index contributed by atoms with van der Waals surface area (Å²) in [6, 6.07) is 11.5. The Hall–Kier alpha value is -2.81. The fraction of sp³-hybridized carbons (Fsp3) is 0.222. The molecule has 6 nitrogen and oxygen atoms in total. The van der Waals surface area contributed by atoms with Crippen molar-refractivity contribution < 1.29 is 23.0 Å². The van der Waals surface area contributed by atoms with Gasteiger partial charge in [0.15, 0.2) is 5.16 Å². The second-order valence-corrected chi connectivity index (χ2v) is 6.88. The molecule has 0 aliphatic carbocycles. The molecule has 0 aliphatic heterocycles. The number of thioether (sulfide) groups is 1. The van der Waals surface area contributed by atoms with Crippen LogP contribution in [0.1, 0.15) is 6.92 Å². The van der Waals surface area contributed by atoms with Crippen LogP contribution in [-0.4, -0.2) is 34.8 Å². The number of hydrogen-bond acceptors (Lipinski definition) is 5. The first kappa shape index (κ1) is 19.0. The van der Waals surface area contributed by atoms with Gasteiger partial charge in [-0.05, 0) is 31.2 Å². The number of carbonyl (C=O) groups excluding carboxylic acids is 1. The molecule has 0 radical (unpaired) electrons. The molecule has 9 heteroatoms. The molecule has 1 aromatic heterocycles. The number of imidazole rings is 1. The van der Waals surface area contributed by atoms with Gasteiger partial charge in [-0.1, -0.05) is 23.9 Å². The molecule has 1 heterocycles. The molecule has 27 heavy (non-hydrogen) atoms. The van der Waals surface area contributed by atoms with Crippen LogP contribution in [-0.2, 0) is 4.79 Å². The normalized spacial score (nSPS) is 12.2.